The van der Waals surface area contributed by atoms with Gasteiger partial charge < -0.3 is 0 Å². The molecule has 0 heteroatoms. The van der Waals surface area contributed by atoms with Crippen LogP contribution in [-0.2, 0) is 0 Å². The fourth-order valence-electron chi connectivity index (χ4n) is 1.03. The molecule has 0 spiro atoms. The molecule has 0 heterocycles. The molecule has 0 radical (unpaired) electrons. The summed E-state index contributed by atoms with van der Waals surface area (Å²) in [6.45, 7) is 11.6. The topological polar surface area (TPSA) is 0 Å². The van der Waals surface area contributed by atoms with Crippen LogP contribution in [0.5, 0.6) is 0 Å². The monoisotopic (exact) mass is 128 g/mol. The maximum Gasteiger partial charge on any atom is -0.0394 e. The third kappa shape index (κ3) is 2.88. The summed E-state index contributed by atoms with van der Waals surface area (Å²) in [5.74, 6) is 2.62. The minimum atomic E-state index is 0.847. The first-order chi connectivity index (χ1) is 4.09. The van der Waals surface area contributed by atoms with Crippen molar-refractivity contribution in [1.82, 2.24) is 0 Å². The zero-order valence-electron chi connectivity index (χ0n) is 7.44. The number of rotatable bonds is 3. The predicted octanol–water partition coefficient (Wildman–Crippen LogP) is 3.32. The molecule has 0 aliphatic carbocycles. The molecule has 0 aliphatic rings. The van der Waals surface area contributed by atoms with Crippen LogP contribution < -0.4 is 0 Å². The molecule has 0 saturated carbocycles. The zero-order chi connectivity index (χ0) is 7.44. The molecule has 0 aromatic carbocycles. The van der Waals surface area contributed by atoms with Gasteiger partial charge in [0.25, 0.3) is 0 Å². The summed E-state index contributed by atoms with van der Waals surface area (Å²) in [7, 11) is 0. The smallest absolute Gasteiger partial charge is 0.0394 e. The Morgan fingerprint density at radius 3 is 1.56 bits per heavy atom. The van der Waals surface area contributed by atoms with Gasteiger partial charge in [0.1, 0.15) is 0 Å². The zero-order valence-corrected chi connectivity index (χ0v) is 7.44. The molecule has 0 fully saturated rings. The van der Waals surface area contributed by atoms with Crippen molar-refractivity contribution < 1.29 is 0 Å². The Morgan fingerprint density at radius 2 is 1.44 bits per heavy atom. The molecule has 1 unspecified atom stereocenters. The largest absolute Gasteiger partial charge is 0.0651 e. The van der Waals surface area contributed by atoms with E-state index in [9.17, 15) is 0 Å². The second-order valence-corrected chi connectivity index (χ2v) is 3.49. The third-order valence-electron chi connectivity index (χ3n) is 2.59. The first-order valence-corrected chi connectivity index (χ1v) is 4.09. The summed E-state index contributed by atoms with van der Waals surface area (Å²) in [6.07, 6.45) is 1.32. The van der Waals surface area contributed by atoms with Gasteiger partial charge in [-0.2, -0.15) is 0 Å². The van der Waals surface area contributed by atoms with Gasteiger partial charge in [-0.25, -0.2) is 0 Å². The minimum absolute atomic E-state index is 0.847. The Balaban J connectivity index is 3.58. The quantitative estimate of drug-likeness (QED) is 0.547. The van der Waals surface area contributed by atoms with Gasteiger partial charge in [0.05, 0.1) is 0 Å². The van der Waals surface area contributed by atoms with Crippen LogP contribution in [0.2, 0.25) is 0 Å². The molecule has 0 aromatic rings. The third-order valence-corrected chi connectivity index (χ3v) is 2.59. The summed E-state index contributed by atoms with van der Waals surface area (Å²) in [5.41, 5.74) is 0. The average Bonchev–Trinajstić information content (AvgIpc) is 1.84. The summed E-state index contributed by atoms with van der Waals surface area (Å²) in [5, 5.41) is 0. The second kappa shape index (κ2) is 3.92. The Bertz CT molecular complexity index is 64.4. The highest BCUT2D eigenvalue weighted by atomic mass is 14.2. The molecular formula is C9H20. The molecular weight excluding hydrogens is 108 g/mol. The Morgan fingerprint density at radius 1 is 1.00 bits per heavy atom. The normalized spacial score (nSPS) is 18.0. The Labute approximate surface area is 59.7 Å². The Hall–Kier alpha value is 0. The van der Waals surface area contributed by atoms with Gasteiger partial charge in [0.2, 0.25) is 0 Å². The summed E-state index contributed by atoms with van der Waals surface area (Å²) < 4.78 is 0. The summed E-state index contributed by atoms with van der Waals surface area (Å²) >= 11 is 0. The van der Waals surface area contributed by atoms with Crippen molar-refractivity contribution >= 4 is 0 Å². The van der Waals surface area contributed by atoms with Crippen molar-refractivity contribution in [2.45, 2.75) is 41.0 Å². The van der Waals surface area contributed by atoms with Crippen LogP contribution in [0.4, 0.5) is 0 Å². The van der Waals surface area contributed by atoms with Crippen LogP contribution in [0.1, 0.15) is 41.0 Å². The van der Waals surface area contributed by atoms with E-state index in [2.05, 4.69) is 34.6 Å². The van der Waals surface area contributed by atoms with E-state index >= 15 is 0 Å². The van der Waals surface area contributed by atoms with Crippen molar-refractivity contribution in [3.05, 3.63) is 0 Å². The molecule has 0 aromatic heterocycles. The van der Waals surface area contributed by atoms with Crippen LogP contribution >= 0.6 is 0 Å². The van der Waals surface area contributed by atoms with Gasteiger partial charge in [0, 0.05) is 0 Å². The molecule has 0 bridgehead atoms. The van der Waals surface area contributed by atoms with Gasteiger partial charge >= 0.3 is 0 Å². The first-order valence-electron chi connectivity index (χ1n) is 4.09. The van der Waals surface area contributed by atoms with Crippen LogP contribution in [-0.4, -0.2) is 0 Å². The van der Waals surface area contributed by atoms with Crippen molar-refractivity contribution in [2.24, 2.45) is 17.8 Å². The molecule has 0 aliphatic heterocycles. The molecule has 9 heavy (non-hydrogen) atoms. The Kier molecular flexibility index (Phi) is 3.92. The fourth-order valence-corrected chi connectivity index (χ4v) is 1.03. The van der Waals surface area contributed by atoms with Crippen LogP contribution in [0.3, 0.4) is 0 Å². The molecule has 56 valence electrons. The molecule has 0 rings (SSSR count). The fraction of sp³-hybridized carbons (Fsp3) is 1.00. The molecule has 0 N–H and O–H groups in total. The van der Waals surface area contributed by atoms with E-state index in [1.54, 1.807) is 0 Å². The average molecular weight is 128 g/mol. The standard InChI is InChI=1S/C9H20/c1-6-8(4)9(5)7(2)3/h7-9H,6H2,1-5H3/t8-,9?/m1/s1. The van der Waals surface area contributed by atoms with Crippen molar-refractivity contribution in [2.75, 3.05) is 0 Å². The van der Waals surface area contributed by atoms with E-state index in [4.69, 9.17) is 0 Å². The van der Waals surface area contributed by atoms with Crippen LogP contribution in [0.25, 0.3) is 0 Å². The lowest BCUT2D eigenvalue weighted by Crippen LogP contribution is -2.12. The first kappa shape index (κ1) is 9.00. The molecule has 0 nitrogen and oxygen atoms in total. The van der Waals surface area contributed by atoms with Gasteiger partial charge in [0.15, 0.2) is 0 Å². The van der Waals surface area contributed by atoms with E-state index in [0.717, 1.165) is 17.8 Å². The lowest BCUT2D eigenvalue weighted by Gasteiger charge is -2.21. The van der Waals surface area contributed by atoms with Crippen molar-refractivity contribution in [3.63, 3.8) is 0 Å². The second-order valence-electron chi connectivity index (χ2n) is 3.49. The summed E-state index contributed by atoms with van der Waals surface area (Å²) in [4.78, 5) is 0. The molecule has 2 atom stereocenters. The van der Waals surface area contributed by atoms with E-state index in [1.807, 2.05) is 0 Å². The van der Waals surface area contributed by atoms with Crippen LogP contribution in [0.15, 0.2) is 0 Å². The van der Waals surface area contributed by atoms with E-state index in [-0.39, 0.29) is 0 Å². The van der Waals surface area contributed by atoms with Crippen molar-refractivity contribution in [3.8, 4) is 0 Å². The number of hydrogen-bond donors (Lipinski definition) is 0. The molecule has 0 saturated heterocycles. The maximum absolute atomic E-state index is 2.35. The highest BCUT2D eigenvalue weighted by molar-refractivity contribution is 4.62. The highest BCUT2D eigenvalue weighted by Crippen LogP contribution is 2.21. The van der Waals surface area contributed by atoms with E-state index < -0.39 is 0 Å². The lowest BCUT2D eigenvalue weighted by atomic mass is 9.85. The van der Waals surface area contributed by atoms with Gasteiger partial charge in [-0.05, 0) is 17.8 Å². The van der Waals surface area contributed by atoms with Crippen LogP contribution in [0, 0.1) is 17.8 Å². The molecule has 0 amide bonds. The maximum atomic E-state index is 2.35. The van der Waals surface area contributed by atoms with Gasteiger partial charge in [-0.15, -0.1) is 0 Å². The minimum Gasteiger partial charge on any atom is -0.0651 e. The highest BCUT2D eigenvalue weighted by Gasteiger charge is 2.12. The van der Waals surface area contributed by atoms with E-state index in [1.165, 1.54) is 6.42 Å². The van der Waals surface area contributed by atoms with E-state index in [0.29, 0.717) is 0 Å². The number of hydrogen-bond acceptors (Lipinski definition) is 0. The van der Waals surface area contributed by atoms with Gasteiger partial charge in [-0.3, -0.25) is 0 Å². The van der Waals surface area contributed by atoms with Crippen molar-refractivity contribution in [1.29, 1.82) is 0 Å². The SMILES string of the molecule is CC[C@@H](C)C(C)C(C)C. The lowest BCUT2D eigenvalue weighted by molar-refractivity contribution is 0.289. The predicted molar refractivity (Wildman–Crippen MR) is 43.5 cm³/mol. The van der Waals surface area contributed by atoms with Gasteiger partial charge in [-0.1, -0.05) is 41.0 Å². The summed E-state index contributed by atoms with van der Waals surface area (Å²) in [6, 6.07) is 0.